The van der Waals surface area contributed by atoms with Crippen molar-refractivity contribution in [2.75, 3.05) is 0 Å². The van der Waals surface area contributed by atoms with Crippen LogP contribution in [0.25, 0.3) is 0 Å². The molecule has 102 valence electrons. The minimum Gasteiger partial charge on any atom is -0.257 e. The van der Waals surface area contributed by atoms with Gasteiger partial charge in [-0.05, 0) is 25.0 Å². The fourth-order valence-electron chi connectivity index (χ4n) is 2.69. The maximum absolute atomic E-state index is 4.95. The van der Waals surface area contributed by atoms with Crippen LogP contribution in [0.3, 0.4) is 0 Å². The molecular formula is C17H29N. The molecule has 0 bridgehead atoms. The third-order valence-electron chi connectivity index (χ3n) is 3.89. The SMILES string of the molecule is CCCC(C)(C)c1cccc(C(C)(C)CCC)n1. The van der Waals surface area contributed by atoms with E-state index in [0.29, 0.717) is 0 Å². The predicted octanol–water partition coefficient (Wildman–Crippen LogP) is 5.24. The molecule has 0 spiro atoms. The molecule has 0 saturated heterocycles. The minimum atomic E-state index is 0.188. The number of hydrogen-bond donors (Lipinski definition) is 0. The highest BCUT2D eigenvalue weighted by Gasteiger charge is 2.25. The Hall–Kier alpha value is -0.850. The Balaban J connectivity index is 3.06. The molecule has 0 aliphatic carbocycles. The maximum Gasteiger partial charge on any atom is 0.0463 e. The van der Waals surface area contributed by atoms with E-state index in [-0.39, 0.29) is 10.8 Å². The van der Waals surface area contributed by atoms with Gasteiger partial charge in [-0.3, -0.25) is 4.98 Å². The van der Waals surface area contributed by atoms with Crippen molar-refractivity contribution in [2.24, 2.45) is 0 Å². The van der Waals surface area contributed by atoms with Crippen LogP contribution in [0.2, 0.25) is 0 Å². The zero-order valence-corrected chi connectivity index (χ0v) is 13.0. The van der Waals surface area contributed by atoms with Crippen molar-refractivity contribution in [3.8, 4) is 0 Å². The average Bonchev–Trinajstić information content (AvgIpc) is 2.29. The molecule has 18 heavy (non-hydrogen) atoms. The second-order valence-electron chi connectivity index (χ2n) is 6.68. The van der Waals surface area contributed by atoms with E-state index in [0.717, 1.165) is 0 Å². The van der Waals surface area contributed by atoms with Crippen LogP contribution < -0.4 is 0 Å². The molecule has 0 radical (unpaired) electrons. The van der Waals surface area contributed by atoms with Crippen molar-refractivity contribution in [1.82, 2.24) is 4.98 Å². The molecule has 0 aliphatic heterocycles. The second-order valence-corrected chi connectivity index (χ2v) is 6.68. The number of pyridine rings is 1. The number of nitrogens with zero attached hydrogens (tertiary/aromatic N) is 1. The zero-order valence-electron chi connectivity index (χ0n) is 13.0. The first kappa shape index (κ1) is 15.2. The molecule has 1 heteroatoms. The van der Waals surface area contributed by atoms with E-state index in [1.165, 1.54) is 37.1 Å². The summed E-state index contributed by atoms with van der Waals surface area (Å²) in [5.74, 6) is 0. The summed E-state index contributed by atoms with van der Waals surface area (Å²) in [6, 6.07) is 6.54. The van der Waals surface area contributed by atoms with Gasteiger partial charge in [0.2, 0.25) is 0 Å². The van der Waals surface area contributed by atoms with Crippen molar-refractivity contribution >= 4 is 0 Å². The van der Waals surface area contributed by atoms with Crippen LogP contribution in [-0.2, 0) is 10.8 Å². The number of rotatable bonds is 6. The lowest BCUT2D eigenvalue weighted by atomic mass is 9.81. The predicted molar refractivity (Wildman–Crippen MR) is 80.1 cm³/mol. The zero-order chi connectivity index (χ0) is 13.8. The number of aromatic nitrogens is 1. The summed E-state index contributed by atoms with van der Waals surface area (Å²) in [5, 5.41) is 0. The minimum absolute atomic E-state index is 0.188. The number of hydrogen-bond acceptors (Lipinski definition) is 1. The van der Waals surface area contributed by atoms with Crippen LogP contribution in [0.4, 0.5) is 0 Å². The van der Waals surface area contributed by atoms with Gasteiger partial charge in [-0.15, -0.1) is 0 Å². The van der Waals surface area contributed by atoms with Gasteiger partial charge in [-0.2, -0.15) is 0 Å². The van der Waals surface area contributed by atoms with Gasteiger partial charge in [-0.1, -0.05) is 60.5 Å². The van der Waals surface area contributed by atoms with Gasteiger partial charge in [-0.25, -0.2) is 0 Å². The van der Waals surface area contributed by atoms with E-state index in [9.17, 15) is 0 Å². The van der Waals surface area contributed by atoms with Crippen LogP contribution in [0, 0.1) is 0 Å². The smallest absolute Gasteiger partial charge is 0.0463 e. The first-order valence-electron chi connectivity index (χ1n) is 7.31. The summed E-state index contributed by atoms with van der Waals surface area (Å²) in [6.45, 7) is 13.7. The largest absolute Gasteiger partial charge is 0.257 e. The summed E-state index contributed by atoms with van der Waals surface area (Å²) in [6.07, 6.45) is 4.80. The van der Waals surface area contributed by atoms with Crippen LogP contribution >= 0.6 is 0 Å². The highest BCUT2D eigenvalue weighted by Crippen LogP contribution is 2.31. The van der Waals surface area contributed by atoms with E-state index in [1.807, 2.05) is 0 Å². The summed E-state index contributed by atoms with van der Waals surface area (Å²) in [7, 11) is 0. The monoisotopic (exact) mass is 247 g/mol. The molecule has 1 aromatic rings. The Morgan fingerprint density at radius 1 is 0.833 bits per heavy atom. The Kier molecular flexibility index (Phi) is 4.95. The molecule has 0 atom stereocenters. The van der Waals surface area contributed by atoms with Crippen molar-refractivity contribution in [3.05, 3.63) is 29.6 Å². The molecule has 0 aromatic carbocycles. The van der Waals surface area contributed by atoms with Gasteiger partial charge < -0.3 is 0 Å². The van der Waals surface area contributed by atoms with Gasteiger partial charge >= 0.3 is 0 Å². The van der Waals surface area contributed by atoms with E-state index >= 15 is 0 Å². The lowest BCUT2D eigenvalue weighted by Crippen LogP contribution is -2.23. The van der Waals surface area contributed by atoms with Crippen molar-refractivity contribution in [3.63, 3.8) is 0 Å². The van der Waals surface area contributed by atoms with Gasteiger partial charge in [0.15, 0.2) is 0 Å². The van der Waals surface area contributed by atoms with Crippen LogP contribution in [-0.4, -0.2) is 4.98 Å². The highest BCUT2D eigenvalue weighted by atomic mass is 14.8. The molecule has 0 N–H and O–H groups in total. The van der Waals surface area contributed by atoms with E-state index in [1.54, 1.807) is 0 Å². The second kappa shape index (κ2) is 5.86. The molecule has 0 aliphatic rings. The van der Waals surface area contributed by atoms with Gasteiger partial charge in [0, 0.05) is 22.2 Å². The molecule has 0 unspecified atom stereocenters. The third kappa shape index (κ3) is 3.57. The normalized spacial score (nSPS) is 12.8. The summed E-state index contributed by atoms with van der Waals surface area (Å²) >= 11 is 0. The van der Waals surface area contributed by atoms with Gasteiger partial charge in [0.25, 0.3) is 0 Å². The van der Waals surface area contributed by atoms with Crippen molar-refractivity contribution < 1.29 is 0 Å². The Bertz CT molecular complexity index is 344. The summed E-state index contributed by atoms with van der Waals surface area (Å²) < 4.78 is 0. The summed E-state index contributed by atoms with van der Waals surface area (Å²) in [5.41, 5.74) is 2.86. The van der Waals surface area contributed by atoms with E-state index in [2.05, 4.69) is 59.7 Å². The Morgan fingerprint density at radius 2 is 1.22 bits per heavy atom. The summed E-state index contributed by atoms with van der Waals surface area (Å²) in [4.78, 5) is 4.95. The van der Waals surface area contributed by atoms with E-state index < -0.39 is 0 Å². The topological polar surface area (TPSA) is 12.9 Å². The van der Waals surface area contributed by atoms with E-state index in [4.69, 9.17) is 4.98 Å². The Labute approximate surface area is 113 Å². The van der Waals surface area contributed by atoms with Gasteiger partial charge in [0.05, 0.1) is 0 Å². The van der Waals surface area contributed by atoms with Crippen LogP contribution in [0.5, 0.6) is 0 Å². The molecule has 1 aromatic heterocycles. The standard InChI is InChI=1S/C17H29N/c1-7-12-16(3,4)14-10-9-11-15(18-14)17(5,6)13-8-2/h9-11H,7-8,12-13H2,1-6H3. The lowest BCUT2D eigenvalue weighted by molar-refractivity contribution is 0.432. The van der Waals surface area contributed by atoms with Crippen LogP contribution in [0.1, 0.15) is 78.6 Å². The molecule has 1 heterocycles. The molecule has 0 amide bonds. The fourth-order valence-corrected chi connectivity index (χ4v) is 2.69. The maximum atomic E-state index is 4.95. The van der Waals surface area contributed by atoms with Crippen LogP contribution in [0.15, 0.2) is 18.2 Å². The molecule has 0 fully saturated rings. The average molecular weight is 247 g/mol. The molecular weight excluding hydrogens is 218 g/mol. The molecule has 1 rings (SSSR count). The van der Waals surface area contributed by atoms with Gasteiger partial charge in [0.1, 0.15) is 0 Å². The van der Waals surface area contributed by atoms with Crippen molar-refractivity contribution in [1.29, 1.82) is 0 Å². The fraction of sp³-hybridized carbons (Fsp3) is 0.706. The van der Waals surface area contributed by atoms with Crippen molar-refractivity contribution in [2.45, 2.75) is 78.1 Å². The quantitative estimate of drug-likeness (QED) is 0.670. The lowest BCUT2D eigenvalue weighted by Gasteiger charge is -2.28. The first-order chi connectivity index (χ1) is 8.33. The Morgan fingerprint density at radius 3 is 1.56 bits per heavy atom. The first-order valence-corrected chi connectivity index (χ1v) is 7.31. The highest BCUT2D eigenvalue weighted by molar-refractivity contribution is 5.22. The molecule has 1 nitrogen and oxygen atoms in total. The molecule has 0 saturated carbocycles. The third-order valence-corrected chi connectivity index (χ3v) is 3.89.